The molecule has 0 aromatic rings. The van der Waals surface area contributed by atoms with Crippen molar-refractivity contribution in [3.8, 4) is 0 Å². The van der Waals surface area contributed by atoms with Crippen molar-refractivity contribution in [3.63, 3.8) is 0 Å². The Labute approximate surface area is 465 Å². The lowest BCUT2D eigenvalue weighted by atomic mass is 9.79. The van der Waals surface area contributed by atoms with E-state index in [0.717, 1.165) is 43.6 Å². The number of carbonyl (C=O) groups is 6. The van der Waals surface area contributed by atoms with Gasteiger partial charge in [0.2, 0.25) is 45.5 Å². The summed E-state index contributed by atoms with van der Waals surface area (Å²) in [5.41, 5.74) is -0.998. The maximum Gasteiger partial charge on any atom is 0.246 e. The predicted octanol–water partition coefficient (Wildman–Crippen LogP) is 0.867. The first kappa shape index (κ1) is 63.3. The van der Waals surface area contributed by atoms with Crippen LogP contribution < -0.4 is 37.2 Å². The Hall–Kier alpha value is -2.85. The number of carbonyl (C=O) groups excluding carboxylic acids is 6. The zero-order chi connectivity index (χ0) is 55.5. The molecule has 0 bridgehead atoms. The first-order valence-electron chi connectivity index (χ1n) is 28.2. The van der Waals surface area contributed by atoms with Gasteiger partial charge in [0.05, 0.1) is 57.9 Å². The lowest BCUT2D eigenvalue weighted by Gasteiger charge is -2.36. The van der Waals surface area contributed by atoms with Crippen LogP contribution in [0.4, 0.5) is 0 Å². The normalized spacial score (nSPS) is 28.2. The predicted molar refractivity (Wildman–Crippen MR) is 295 cm³/mol. The van der Waals surface area contributed by atoms with E-state index in [2.05, 4.69) is 44.1 Å². The van der Waals surface area contributed by atoms with Crippen molar-refractivity contribution >= 4 is 69.0 Å². The number of hydrogen-bond acceptors (Lipinski definition) is 17. The number of rotatable bonds is 29. The Balaban J connectivity index is 0.792. The highest BCUT2D eigenvalue weighted by Gasteiger charge is 2.45. The number of likely N-dealkylation sites (tertiary alicyclic amines) is 1. The van der Waals surface area contributed by atoms with Gasteiger partial charge < -0.3 is 60.9 Å². The molecular weight excluding hydrogens is 1050 g/mol. The molecule has 77 heavy (non-hydrogen) atoms. The molecule has 22 nitrogen and oxygen atoms in total. The van der Waals surface area contributed by atoms with E-state index in [9.17, 15) is 42.3 Å². The van der Waals surface area contributed by atoms with E-state index in [1.807, 2.05) is 32.5 Å². The van der Waals surface area contributed by atoms with Gasteiger partial charge in [-0.05, 0) is 81.5 Å². The van der Waals surface area contributed by atoms with Gasteiger partial charge in [0.15, 0.2) is 0 Å². The Morgan fingerprint density at radius 3 is 2.18 bits per heavy atom. The van der Waals surface area contributed by atoms with Crippen molar-refractivity contribution in [2.24, 2.45) is 29.1 Å². The number of hydrogen-bond donors (Lipinski definition) is 8. The standard InChI is InChI=1S/C52H91N9O13S3/c1-34-45(76-33-55-34)37-15-13-35(14-16-37)27-54-49(67)42-26-39(62)29-61(42)50(68)46(52(2,3)4)58-44(64)31-74-25-24-72-23-22-71-21-18-53-43(63)12-9-20-73-30-40(56-47(65)38-17-19-60(28-38)77(5,69)70)48(66)59-51-57-41(32-75-51)36-10-7-6-8-11-36/h34-42,45-46,51,55,57,62H,6-33H2,1-5H3,(H,53,63)(H,54,67)(H,56,65)(H,58,64)(H,59,66)/t34?,35?,37?,38?,39-,40+,41?,42+,45?,46-,51?/m1/s1. The zero-order valence-electron chi connectivity index (χ0n) is 46.2. The van der Waals surface area contributed by atoms with Crippen molar-refractivity contribution in [1.29, 1.82) is 0 Å². The van der Waals surface area contributed by atoms with Gasteiger partial charge in [-0.1, -0.05) is 40.0 Å². The van der Waals surface area contributed by atoms with Crippen molar-refractivity contribution in [2.75, 3.05) is 103 Å². The molecule has 4 heterocycles. The molecular formula is C52H91N9O13S3. The molecule has 0 spiro atoms. The number of nitrogens with zero attached hydrogens (tertiary/aromatic N) is 2. The van der Waals surface area contributed by atoms with Crippen LogP contribution in [-0.4, -0.2) is 209 Å². The Morgan fingerprint density at radius 2 is 1.51 bits per heavy atom. The van der Waals surface area contributed by atoms with Crippen LogP contribution in [-0.2, 0) is 57.7 Å². The topological polar surface area (TPSA) is 284 Å². The smallest absolute Gasteiger partial charge is 0.246 e. The molecule has 6 fully saturated rings. The number of amides is 6. The van der Waals surface area contributed by atoms with Gasteiger partial charge in [-0.2, -0.15) is 0 Å². The molecule has 8 N–H and O–H groups in total. The molecule has 6 aliphatic rings. The minimum absolute atomic E-state index is 0.00771. The van der Waals surface area contributed by atoms with Gasteiger partial charge in [0.1, 0.15) is 30.2 Å². The third kappa shape index (κ3) is 20.6. The average Bonchev–Trinajstić information content (AvgIpc) is 4.25. The van der Waals surface area contributed by atoms with Crippen LogP contribution in [0.5, 0.6) is 0 Å². The fourth-order valence-corrected chi connectivity index (χ4v) is 14.9. The molecule has 6 rings (SSSR count). The molecule has 0 radical (unpaired) electrons. The summed E-state index contributed by atoms with van der Waals surface area (Å²) in [4.78, 5) is 81.2. The molecule has 0 aromatic heterocycles. The first-order chi connectivity index (χ1) is 36.8. The van der Waals surface area contributed by atoms with E-state index in [4.69, 9.17) is 18.9 Å². The SMILES string of the molecule is CC1NCSC1C1CCC(CNC(=O)[C@@H]2C[C@@H](O)CN2C(=O)[C@@H](NC(=O)COCCOCCOCCNC(=O)CCCOC[C@H](NC(=O)C2CCN(S(C)(=O)=O)C2)C(=O)NC2NC(C3CCCCC3)CS2)C(C)(C)C)CC1. The van der Waals surface area contributed by atoms with Gasteiger partial charge >= 0.3 is 0 Å². The van der Waals surface area contributed by atoms with Gasteiger partial charge in [-0.15, -0.1) is 23.5 Å². The summed E-state index contributed by atoms with van der Waals surface area (Å²) in [7, 11) is -3.44. The summed E-state index contributed by atoms with van der Waals surface area (Å²) in [6, 6.07) is -1.96. The van der Waals surface area contributed by atoms with Gasteiger partial charge in [0.25, 0.3) is 0 Å². The summed E-state index contributed by atoms with van der Waals surface area (Å²) in [5.74, 6) is 0.753. The van der Waals surface area contributed by atoms with Gasteiger partial charge in [-0.3, -0.25) is 34.1 Å². The van der Waals surface area contributed by atoms with Crippen molar-refractivity contribution < 1.29 is 61.2 Å². The van der Waals surface area contributed by atoms with Gasteiger partial charge in [0, 0.05) is 81.1 Å². The summed E-state index contributed by atoms with van der Waals surface area (Å²) in [6.07, 6.45) is 11.7. The second kappa shape index (κ2) is 31.4. The molecule has 9 atom stereocenters. The van der Waals surface area contributed by atoms with E-state index in [1.54, 1.807) is 11.8 Å². The van der Waals surface area contributed by atoms with Crippen molar-refractivity contribution in [1.82, 2.24) is 46.4 Å². The largest absolute Gasteiger partial charge is 0.391 e. The molecule has 25 heteroatoms. The summed E-state index contributed by atoms with van der Waals surface area (Å²) >= 11 is 3.64. The monoisotopic (exact) mass is 1150 g/mol. The number of aliphatic hydroxyl groups is 1. The summed E-state index contributed by atoms with van der Waals surface area (Å²) in [5, 5.41) is 32.8. The number of thioether (sulfide) groups is 2. The van der Waals surface area contributed by atoms with Gasteiger partial charge in [-0.25, -0.2) is 12.7 Å². The van der Waals surface area contributed by atoms with E-state index in [1.165, 1.54) is 41.3 Å². The van der Waals surface area contributed by atoms with Crippen molar-refractivity contribution in [2.45, 2.75) is 158 Å². The Bertz CT molecular complexity index is 2030. The van der Waals surface area contributed by atoms with Crippen LogP contribution in [0.25, 0.3) is 0 Å². The van der Waals surface area contributed by atoms with Crippen LogP contribution in [0.15, 0.2) is 0 Å². The average molecular weight is 1150 g/mol. The number of nitrogens with one attached hydrogen (secondary N) is 7. The van der Waals surface area contributed by atoms with Crippen LogP contribution in [0, 0.1) is 29.1 Å². The number of sulfonamides is 1. The third-order valence-electron chi connectivity index (χ3n) is 15.8. The van der Waals surface area contributed by atoms with Crippen molar-refractivity contribution in [3.05, 3.63) is 0 Å². The molecule has 4 aliphatic heterocycles. The minimum atomic E-state index is -3.44. The quantitative estimate of drug-likeness (QED) is 0.0483. The Kier molecular flexibility index (Phi) is 25.8. The number of aliphatic hydroxyl groups excluding tert-OH is 1. The van der Waals surface area contributed by atoms with Crippen LogP contribution >= 0.6 is 23.5 Å². The highest BCUT2D eigenvalue weighted by molar-refractivity contribution is 8.00. The summed E-state index contributed by atoms with van der Waals surface area (Å²) < 4.78 is 47.9. The number of β-amino-alcohol motifs (C(OH)–C–C–N with tert-alkyl or cyclic N) is 1. The lowest BCUT2D eigenvalue weighted by molar-refractivity contribution is -0.144. The highest BCUT2D eigenvalue weighted by Crippen LogP contribution is 2.39. The maximum absolute atomic E-state index is 14.0. The molecule has 440 valence electrons. The molecule has 6 amide bonds. The number of ether oxygens (including phenoxy) is 4. The molecule has 0 aromatic carbocycles. The van der Waals surface area contributed by atoms with E-state index in [0.29, 0.717) is 54.5 Å². The summed E-state index contributed by atoms with van der Waals surface area (Å²) in [6.45, 7) is 9.72. The maximum atomic E-state index is 14.0. The minimum Gasteiger partial charge on any atom is -0.391 e. The van der Waals surface area contributed by atoms with Crippen LogP contribution in [0.3, 0.4) is 0 Å². The van der Waals surface area contributed by atoms with E-state index >= 15 is 0 Å². The lowest BCUT2D eigenvalue weighted by Crippen LogP contribution is -2.58. The third-order valence-corrected chi connectivity index (χ3v) is 19.7. The second-order valence-electron chi connectivity index (χ2n) is 22.9. The van der Waals surface area contributed by atoms with Crippen LogP contribution in [0.2, 0.25) is 0 Å². The Morgan fingerprint density at radius 1 is 0.792 bits per heavy atom. The fourth-order valence-electron chi connectivity index (χ4n) is 11.3. The zero-order valence-corrected chi connectivity index (χ0v) is 48.6. The highest BCUT2D eigenvalue weighted by atomic mass is 32.2. The molecule has 4 saturated heterocycles. The van der Waals surface area contributed by atoms with E-state index in [-0.39, 0.29) is 109 Å². The molecule has 2 saturated carbocycles. The molecule has 5 unspecified atom stereocenters. The first-order valence-corrected chi connectivity index (χ1v) is 32.1. The van der Waals surface area contributed by atoms with E-state index < -0.39 is 69.2 Å². The van der Waals surface area contributed by atoms with Crippen LogP contribution in [0.1, 0.15) is 111 Å². The molecule has 2 aliphatic carbocycles. The fraction of sp³-hybridized carbons (Fsp3) is 0.885. The second-order valence-corrected chi connectivity index (χ2v) is 27.2.